The predicted molar refractivity (Wildman–Crippen MR) is 123 cm³/mol. The number of phenolic OH excluding ortho intramolecular Hbond substituents is 2. The summed E-state index contributed by atoms with van der Waals surface area (Å²) in [4.78, 5) is 24.8. The summed E-state index contributed by atoms with van der Waals surface area (Å²) in [6.45, 7) is 1.77. The molecule has 0 heterocycles. The quantitative estimate of drug-likeness (QED) is 0.212. The molecule has 8 nitrogen and oxygen atoms in total. The second-order valence-corrected chi connectivity index (χ2v) is 6.74. The van der Waals surface area contributed by atoms with Gasteiger partial charge in [-0.25, -0.2) is 0 Å². The number of benzene rings is 2. The van der Waals surface area contributed by atoms with Crippen molar-refractivity contribution in [2.75, 3.05) is 20.8 Å². The van der Waals surface area contributed by atoms with Crippen LogP contribution < -0.4 is 9.47 Å². The van der Waals surface area contributed by atoms with E-state index >= 15 is 0 Å². The fourth-order valence-corrected chi connectivity index (χ4v) is 2.80. The number of ketones is 1. The SMILES string of the molecule is CCOC(=O)C/C(C(=O)/C=C/c1ccc(O)c(OC)c1)=C(O)\C=C\c1ccc(O)c(OC)c1. The van der Waals surface area contributed by atoms with Crippen molar-refractivity contribution < 1.29 is 39.1 Å². The molecule has 2 aromatic carbocycles. The maximum atomic E-state index is 12.8. The zero-order valence-corrected chi connectivity index (χ0v) is 18.6. The van der Waals surface area contributed by atoms with Crippen molar-refractivity contribution in [3.8, 4) is 23.0 Å². The zero-order valence-electron chi connectivity index (χ0n) is 18.6. The fraction of sp³-hybridized carbons (Fsp3) is 0.200. The van der Waals surface area contributed by atoms with Gasteiger partial charge in [0, 0.05) is 0 Å². The largest absolute Gasteiger partial charge is 0.508 e. The van der Waals surface area contributed by atoms with Gasteiger partial charge in [-0.2, -0.15) is 0 Å². The molecular formula is C25H26O8. The van der Waals surface area contributed by atoms with Crippen molar-refractivity contribution in [3.63, 3.8) is 0 Å². The number of aliphatic hydroxyl groups is 1. The Kier molecular flexibility index (Phi) is 9.11. The Balaban J connectivity index is 2.34. The summed E-state index contributed by atoms with van der Waals surface area (Å²) >= 11 is 0. The smallest absolute Gasteiger partial charge is 0.310 e. The van der Waals surface area contributed by atoms with Crippen LogP contribution >= 0.6 is 0 Å². The number of carbonyl (C=O) groups is 2. The van der Waals surface area contributed by atoms with Crippen LogP contribution in [0, 0.1) is 0 Å². The van der Waals surface area contributed by atoms with E-state index in [-0.39, 0.29) is 35.2 Å². The molecule has 0 bridgehead atoms. The number of hydrogen-bond acceptors (Lipinski definition) is 8. The lowest BCUT2D eigenvalue weighted by Crippen LogP contribution is -2.11. The number of ether oxygens (including phenoxy) is 3. The highest BCUT2D eigenvalue weighted by Gasteiger charge is 2.17. The molecule has 3 N–H and O–H groups in total. The van der Waals surface area contributed by atoms with Gasteiger partial charge < -0.3 is 29.5 Å². The van der Waals surface area contributed by atoms with Gasteiger partial charge in [0.05, 0.1) is 32.8 Å². The minimum Gasteiger partial charge on any atom is -0.508 e. The van der Waals surface area contributed by atoms with Crippen LogP contribution in [0.1, 0.15) is 24.5 Å². The third kappa shape index (κ3) is 7.17. The molecule has 0 spiro atoms. The molecule has 8 heteroatoms. The van der Waals surface area contributed by atoms with E-state index in [1.54, 1.807) is 25.1 Å². The Bertz CT molecular complexity index is 1100. The molecule has 0 aromatic heterocycles. The molecule has 33 heavy (non-hydrogen) atoms. The van der Waals surface area contributed by atoms with Gasteiger partial charge >= 0.3 is 5.97 Å². The van der Waals surface area contributed by atoms with Crippen molar-refractivity contribution in [1.29, 1.82) is 0 Å². The molecule has 2 aromatic rings. The Morgan fingerprint density at radius 3 is 1.88 bits per heavy atom. The number of hydrogen-bond donors (Lipinski definition) is 3. The van der Waals surface area contributed by atoms with Crippen LogP contribution in [-0.2, 0) is 14.3 Å². The van der Waals surface area contributed by atoms with E-state index in [2.05, 4.69) is 0 Å². The van der Waals surface area contributed by atoms with Crippen molar-refractivity contribution in [2.45, 2.75) is 13.3 Å². The van der Waals surface area contributed by atoms with E-state index < -0.39 is 23.9 Å². The molecule has 0 amide bonds. The van der Waals surface area contributed by atoms with E-state index in [0.717, 1.165) is 0 Å². The number of aromatic hydroxyl groups is 2. The molecule has 0 aliphatic rings. The summed E-state index contributed by atoms with van der Waals surface area (Å²) in [5.74, 6) is -1.26. The van der Waals surface area contributed by atoms with Gasteiger partial charge in [-0.05, 0) is 54.5 Å². The summed E-state index contributed by atoms with van der Waals surface area (Å²) in [7, 11) is 2.81. The summed E-state index contributed by atoms with van der Waals surface area (Å²) in [6, 6.07) is 9.10. The van der Waals surface area contributed by atoms with Crippen LogP contribution in [0.3, 0.4) is 0 Å². The Hall–Kier alpha value is -4.20. The van der Waals surface area contributed by atoms with Crippen LogP contribution in [0.25, 0.3) is 12.2 Å². The summed E-state index contributed by atoms with van der Waals surface area (Å²) < 4.78 is 15.0. The molecule has 0 aliphatic heterocycles. The lowest BCUT2D eigenvalue weighted by atomic mass is 10.0. The molecule has 0 saturated heterocycles. The van der Waals surface area contributed by atoms with Gasteiger partial charge in [-0.15, -0.1) is 0 Å². The first-order valence-electron chi connectivity index (χ1n) is 10.0. The molecule has 0 unspecified atom stereocenters. The third-order valence-electron chi connectivity index (χ3n) is 4.50. The van der Waals surface area contributed by atoms with E-state index in [9.17, 15) is 24.9 Å². The highest BCUT2D eigenvalue weighted by Crippen LogP contribution is 2.28. The average molecular weight is 454 g/mol. The highest BCUT2D eigenvalue weighted by molar-refractivity contribution is 6.09. The first-order chi connectivity index (χ1) is 15.8. The molecule has 174 valence electrons. The maximum Gasteiger partial charge on any atom is 0.310 e. The van der Waals surface area contributed by atoms with Gasteiger partial charge in [0.25, 0.3) is 0 Å². The first kappa shape index (κ1) is 25.1. The van der Waals surface area contributed by atoms with E-state index in [0.29, 0.717) is 11.1 Å². The minimum atomic E-state index is -0.660. The molecule has 0 radical (unpaired) electrons. The molecule has 2 rings (SSSR count). The number of rotatable bonds is 10. The molecule has 0 atom stereocenters. The topological polar surface area (TPSA) is 123 Å². The zero-order chi connectivity index (χ0) is 24.4. The van der Waals surface area contributed by atoms with Crippen molar-refractivity contribution in [1.82, 2.24) is 0 Å². The second kappa shape index (κ2) is 12.0. The van der Waals surface area contributed by atoms with Gasteiger partial charge in [-0.1, -0.05) is 24.3 Å². The summed E-state index contributed by atoms with van der Waals surface area (Å²) in [6.07, 6.45) is 5.02. The van der Waals surface area contributed by atoms with E-state index in [1.807, 2.05) is 0 Å². The van der Waals surface area contributed by atoms with Crippen LogP contribution in [0.5, 0.6) is 23.0 Å². The number of esters is 1. The normalized spacial score (nSPS) is 12.0. The monoisotopic (exact) mass is 454 g/mol. The first-order valence-corrected chi connectivity index (χ1v) is 10.0. The summed E-state index contributed by atoms with van der Waals surface area (Å²) in [5, 5.41) is 29.9. The van der Waals surface area contributed by atoms with Crippen LogP contribution in [0.15, 0.2) is 59.9 Å². The van der Waals surface area contributed by atoms with Gasteiger partial charge in [-0.3, -0.25) is 9.59 Å². The number of phenols is 2. The van der Waals surface area contributed by atoms with E-state index in [1.165, 1.54) is 56.7 Å². The third-order valence-corrected chi connectivity index (χ3v) is 4.50. The number of methoxy groups -OCH3 is 2. The molecule has 0 saturated carbocycles. The van der Waals surface area contributed by atoms with Crippen LogP contribution in [0.2, 0.25) is 0 Å². The standard InChI is InChI=1S/C25H26O8/c1-4-33-25(30)15-18(19(26)9-5-16-7-11-21(28)23(13-16)31-2)20(27)10-6-17-8-12-22(29)24(14-17)32-3/h5-14,26,28-29H,4,15H2,1-3H3/b9-5+,10-6+,19-18-. The molecular weight excluding hydrogens is 428 g/mol. The Morgan fingerprint density at radius 1 is 0.879 bits per heavy atom. The lowest BCUT2D eigenvalue weighted by molar-refractivity contribution is -0.142. The number of aliphatic hydroxyl groups excluding tert-OH is 1. The molecule has 0 aliphatic carbocycles. The minimum absolute atomic E-state index is 0.0383. The van der Waals surface area contributed by atoms with Crippen molar-refractivity contribution in [3.05, 3.63) is 71.0 Å². The van der Waals surface area contributed by atoms with Crippen LogP contribution in [0.4, 0.5) is 0 Å². The van der Waals surface area contributed by atoms with E-state index in [4.69, 9.17) is 14.2 Å². The van der Waals surface area contributed by atoms with Crippen molar-refractivity contribution >= 4 is 23.9 Å². The fourth-order valence-electron chi connectivity index (χ4n) is 2.80. The lowest BCUT2D eigenvalue weighted by Gasteiger charge is -2.07. The average Bonchev–Trinajstić information content (AvgIpc) is 2.81. The number of carbonyl (C=O) groups excluding carboxylic acids is 2. The second-order valence-electron chi connectivity index (χ2n) is 6.74. The highest BCUT2D eigenvalue weighted by atomic mass is 16.5. The maximum absolute atomic E-state index is 12.8. The van der Waals surface area contributed by atoms with Crippen LogP contribution in [-0.4, -0.2) is 47.9 Å². The van der Waals surface area contributed by atoms with Gasteiger partial charge in [0.15, 0.2) is 28.8 Å². The molecule has 0 fully saturated rings. The Morgan fingerprint density at radius 2 is 1.39 bits per heavy atom. The van der Waals surface area contributed by atoms with Crippen molar-refractivity contribution in [2.24, 2.45) is 0 Å². The van der Waals surface area contributed by atoms with Gasteiger partial charge in [0.2, 0.25) is 0 Å². The Labute approximate surface area is 191 Å². The van der Waals surface area contributed by atoms with Gasteiger partial charge in [0.1, 0.15) is 5.76 Å². The summed E-state index contributed by atoms with van der Waals surface area (Å²) in [5.41, 5.74) is 1.00. The predicted octanol–water partition coefficient (Wildman–Crippen LogP) is 4.18. The number of allylic oxidation sites excluding steroid dienone is 2.